The van der Waals surface area contributed by atoms with E-state index in [9.17, 15) is 19.2 Å². The zero-order chi connectivity index (χ0) is 17.5. The van der Waals surface area contributed by atoms with E-state index in [4.69, 9.17) is 9.47 Å². The van der Waals surface area contributed by atoms with Crippen molar-refractivity contribution in [1.29, 1.82) is 0 Å². The SMILES string of the molecule is CCCC(=O)OCCCC(=O)Oc1ccc2c(n1)C(=O)C=CC2=O. The number of hydrogen-bond acceptors (Lipinski definition) is 7. The lowest BCUT2D eigenvalue weighted by atomic mass is 10.0. The van der Waals surface area contributed by atoms with Crippen LogP contribution >= 0.6 is 0 Å². The number of allylic oxidation sites excluding steroid dienone is 2. The molecule has 0 saturated carbocycles. The van der Waals surface area contributed by atoms with Crippen LogP contribution in [-0.2, 0) is 14.3 Å². The second-order valence-corrected chi connectivity index (χ2v) is 5.16. The van der Waals surface area contributed by atoms with Crippen molar-refractivity contribution in [2.24, 2.45) is 0 Å². The third-order valence-electron chi connectivity index (χ3n) is 3.22. The fourth-order valence-corrected chi connectivity index (χ4v) is 2.05. The largest absolute Gasteiger partial charge is 0.466 e. The number of aromatic nitrogens is 1. The van der Waals surface area contributed by atoms with Gasteiger partial charge >= 0.3 is 11.9 Å². The second-order valence-electron chi connectivity index (χ2n) is 5.16. The van der Waals surface area contributed by atoms with Gasteiger partial charge in [-0.05, 0) is 31.1 Å². The van der Waals surface area contributed by atoms with Crippen molar-refractivity contribution >= 4 is 23.5 Å². The van der Waals surface area contributed by atoms with Gasteiger partial charge in [-0.15, -0.1) is 0 Å². The summed E-state index contributed by atoms with van der Waals surface area (Å²) in [7, 11) is 0. The second kappa shape index (κ2) is 8.14. The Kier molecular flexibility index (Phi) is 5.95. The van der Waals surface area contributed by atoms with Gasteiger partial charge in [0.2, 0.25) is 11.7 Å². The van der Waals surface area contributed by atoms with Gasteiger partial charge in [0.15, 0.2) is 5.78 Å². The minimum absolute atomic E-state index is 0.0266. The first-order valence-corrected chi connectivity index (χ1v) is 7.65. The molecule has 0 spiro atoms. The standard InChI is InChI=1S/C17H17NO6/c1-2-4-15(21)23-10-3-5-16(22)24-14-9-6-11-12(19)7-8-13(20)17(11)18-14/h6-9H,2-5,10H2,1H3. The number of ether oxygens (including phenoxy) is 2. The highest BCUT2D eigenvalue weighted by Crippen LogP contribution is 2.19. The van der Waals surface area contributed by atoms with Gasteiger partial charge in [0.05, 0.1) is 12.2 Å². The van der Waals surface area contributed by atoms with Crippen molar-refractivity contribution < 1.29 is 28.7 Å². The summed E-state index contributed by atoms with van der Waals surface area (Å²) in [6.07, 6.45) is 3.75. The molecule has 1 aromatic rings. The number of carbonyl (C=O) groups excluding carboxylic acids is 4. The molecule has 0 N–H and O–H groups in total. The Bertz CT molecular complexity index is 707. The van der Waals surface area contributed by atoms with E-state index in [1.807, 2.05) is 6.92 Å². The molecule has 1 aromatic heterocycles. The van der Waals surface area contributed by atoms with Crippen LogP contribution in [0.2, 0.25) is 0 Å². The molecule has 0 atom stereocenters. The molecule has 0 unspecified atom stereocenters. The average Bonchev–Trinajstić information content (AvgIpc) is 2.55. The van der Waals surface area contributed by atoms with E-state index in [2.05, 4.69) is 4.98 Å². The van der Waals surface area contributed by atoms with E-state index < -0.39 is 11.8 Å². The van der Waals surface area contributed by atoms with E-state index >= 15 is 0 Å². The molecule has 0 bridgehead atoms. The minimum Gasteiger partial charge on any atom is -0.466 e. The molecule has 1 aliphatic carbocycles. The van der Waals surface area contributed by atoms with Gasteiger partial charge in [0.25, 0.3) is 0 Å². The number of ketones is 2. The van der Waals surface area contributed by atoms with Crippen LogP contribution in [0.25, 0.3) is 0 Å². The zero-order valence-corrected chi connectivity index (χ0v) is 13.2. The van der Waals surface area contributed by atoms with Crippen LogP contribution in [0, 0.1) is 0 Å². The predicted octanol–water partition coefficient (Wildman–Crippen LogP) is 2.05. The molecule has 0 aliphatic heterocycles. The quantitative estimate of drug-likeness (QED) is 0.557. The first kappa shape index (κ1) is 17.5. The van der Waals surface area contributed by atoms with Gasteiger partial charge in [0.1, 0.15) is 5.69 Å². The maximum Gasteiger partial charge on any atom is 0.312 e. The Balaban J connectivity index is 1.85. The molecule has 24 heavy (non-hydrogen) atoms. The van der Waals surface area contributed by atoms with Gasteiger partial charge in [0, 0.05) is 18.9 Å². The van der Waals surface area contributed by atoms with Gasteiger partial charge in [-0.25, -0.2) is 4.98 Å². The molecule has 0 radical (unpaired) electrons. The van der Waals surface area contributed by atoms with Crippen LogP contribution in [-0.4, -0.2) is 35.1 Å². The fourth-order valence-electron chi connectivity index (χ4n) is 2.05. The van der Waals surface area contributed by atoms with Gasteiger partial charge in [-0.3, -0.25) is 19.2 Å². The summed E-state index contributed by atoms with van der Waals surface area (Å²) in [6.45, 7) is 2.02. The van der Waals surface area contributed by atoms with E-state index in [0.29, 0.717) is 19.3 Å². The summed E-state index contributed by atoms with van der Waals surface area (Å²) in [4.78, 5) is 50.1. The molecular formula is C17H17NO6. The number of pyridine rings is 1. The lowest BCUT2D eigenvalue weighted by Crippen LogP contribution is -2.16. The smallest absolute Gasteiger partial charge is 0.312 e. The maximum atomic E-state index is 11.7. The first-order valence-electron chi connectivity index (χ1n) is 7.65. The monoisotopic (exact) mass is 331 g/mol. The normalized spacial score (nSPS) is 12.7. The van der Waals surface area contributed by atoms with Crippen LogP contribution < -0.4 is 4.74 Å². The van der Waals surface area contributed by atoms with Gasteiger partial charge in [-0.2, -0.15) is 0 Å². The number of rotatable bonds is 7. The minimum atomic E-state index is -0.556. The van der Waals surface area contributed by atoms with Gasteiger partial charge < -0.3 is 9.47 Å². The highest BCUT2D eigenvalue weighted by atomic mass is 16.5. The summed E-state index contributed by atoms with van der Waals surface area (Å²) in [6, 6.07) is 2.77. The Morgan fingerprint density at radius 2 is 1.79 bits per heavy atom. The van der Waals surface area contributed by atoms with E-state index in [-0.39, 0.29) is 41.9 Å². The Hall–Kier alpha value is -2.83. The van der Waals surface area contributed by atoms with E-state index in [0.717, 1.165) is 6.08 Å². The number of fused-ring (bicyclic) bond motifs is 1. The molecule has 0 aromatic carbocycles. The fraction of sp³-hybridized carbons (Fsp3) is 0.353. The number of carbonyl (C=O) groups is 4. The third-order valence-corrected chi connectivity index (χ3v) is 3.22. The highest BCUT2D eigenvalue weighted by molar-refractivity contribution is 6.21. The van der Waals surface area contributed by atoms with Crippen molar-refractivity contribution in [3.8, 4) is 5.88 Å². The molecular weight excluding hydrogens is 314 g/mol. The molecule has 0 fully saturated rings. The van der Waals surface area contributed by atoms with Gasteiger partial charge in [-0.1, -0.05) is 6.92 Å². The summed E-state index contributed by atoms with van der Waals surface area (Å²) < 4.78 is 9.97. The Labute approximate surface area is 138 Å². The summed E-state index contributed by atoms with van der Waals surface area (Å²) in [5.41, 5.74) is 0.159. The maximum absolute atomic E-state index is 11.7. The molecule has 126 valence electrons. The molecule has 1 heterocycles. The zero-order valence-electron chi connectivity index (χ0n) is 13.2. The van der Waals surface area contributed by atoms with Crippen molar-refractivity contribution in [3.05, 3.63) is 35.5 Å². The van der Waals surface area contributed by atoms with Crippen molar-refractivity contribution in [2.45, 2.75) is 32.6 Å². The van der Waals surface area contributed by atoms with Crippen LogP contribution in [0.3, 0.4) is 0 Å². The lowest BCUT2D eigenvalue weighted by molar-refractivity contribution is -0.145. The summed E-state index contributed by atoms with van der Waals surface area (Å²) in [5, 5.41) is 0. The Morgan fingerprint density at radius 3 is 2.54 bits per heavy atom. The molecule has 1 aliphatic rings. The number of esters is 2. The summed E-state index contributed by atoms with van der Waals surface area (Å²) in [5.74, 6) is -1.62. The van der Waals surface area contributed by atoms with Crippen LogP contribution in [0.5, 0.6) is 5.88 Å². The number of hydrogen-bond donors (Lipinski definition) is 0. The average molecular weight is 331 g/mol. The molecule has 0 saturated heterocycles. The van der Waals surface area contributed by atoms with Crippen LogP contribution in [0.15, 0.2) is 24.3 Å². The topological polar surface area (TPSA) is 99.6 Å². The molecule has 2 rings (SSSR count). The molecule has 7 nitrogen and oxygen atoms in total. The third kappa shape index (κ3) is 4.58. The highest BCUT2D eigenvalue weighted by Gasteiger charge is 2.21. The van der Waals surface area contributed by atoms with Crippen molar-refractivity contribution in [1.82, 2.24) is 4.98 Å². The summed E-state index contributed by atoms with van der Waals surface area (Å²) >= 11 is 0. The van der Waals surface area contributed by atoms with Crippen molar-refractivity contribution in [3.63, 3.8) is 0 Å². The van der Waals surface area contributed by atoms with E-state index in [1.165, 1.54) is 18.2 Å². The van der Waals surface area contributed by atoms with Crippen LogP contribution in [0.4, 0.5) is 0 Å². The van der Waals surface area contributed by atoms with E-state index in [1.54, 1.807) is 0 Å². The predicted molar refractivity (Wildman–Crippen MR) is 82.8 cm³/mol. The lowest BCUT2D eigenvalue weighted by Gasteiger charge is -2.10. The first-order chi connectivity index (χ1) is 11.5. The number of nitrogens with zero attached hydrogens (tertiary/aromatic N) is 1. The van der Waals surface area contributed by atoms with Crippen LogP contribution in [0.1, 0.15) is 53.5 Å². The Morgan fingerprint density at radius 1 is 1.04 bits per heavy atom. The molecule has 7 heteroatoms. The van der Waals surface area contributed by atoms with Crippen molar-refractivity contribution in [2.75, 3.05) is 6.61 Å². The molecule has 0 amide bonds.